The number of carbonyl (C=O) groups is 2. The molecule has 7 heteroatoms. The summed E-state index contributed by atoms with van der Waals surface area (Å²) in [6.45, 7) is 3.49. The van der Waals surface area contributed by atoms with Crippen LogP contribution in [0.2, 0.25) is 0 Å². The first-order valence-electron chi connectivity index (χ1n) is 6.10. The van der Waals surface area contributed by atoms with E-state index < -0.39 is 5.54 Å². The molecule has 0 aromatic rings. The van der Waals surface area contributed by atoms with Crippen molar-refractivity contribution in [1.82, 2.24) is 10.2 Å². The van der Waals surface area contributed by atoms with Gasteiger partial charge in [-0.15, -0.1) is 0 Å². The van der Waals surface area contributed by atoms with E-state index in [4.69, 9.17) is 10.5 Å². The molecule has 0 aliphatic carbocycles. The van der Waals surface area contributed by atoms with Gasteiger partial charge in [0.05, 0.1) is 0 Å². The molecule has 2 heterocycles. The lowest BCUT2D eigenvalue weighted by molar-refractivity contribution is -0.139. The highest BCUT2D eigenvalue weighted by molar-refractivity contribution is 6.06. The molecule has 18 heavy (non-hydrogen) atoms. The summed E-state index contributed by atoms with van der Waals surface area (Å²) in [6.07, 6.45) is 1.02. The summed E-state index contributed by atoms with van der Waals surface area (Å²) in [5.41, 5.74) is 4.75. The van der Waals surface area contributed by atoms with Crippen molar-refractivity contribution in [2.24, 2.45) is 10.7 Å². The van der Waals surface area contributed by atoms with Crippen LogP contribution >= 0.6 is 0 Å². The van der Waals surface area contributed by atoms with Crippen LogP contribution < -0.4 is 11.1 Å². The van der Waals surface area contributed by atoms with Gasteiger partial charge in [0.2, 0.25) is 5.91 Å². The van der Waals surface area contributed by atoms with Crippen LogP contribution in [0.25, 0.3) is 0 Å². The average molecular weight is 254 g/mol. The topological polar surface area (TPSA) is 97.0 Å². The standard InChI is InChI=1S/C11H18N4O3/c1-2-18-7-8(16)15-5-3-11(4-6-15)9(17)13-10(12)14-11/h2-7H2,1H3,(H3,12,13,14,17). The minimum atomic E-state index is -0.757. The second-order valence-electron chi connectivity index (χ2n) is 4.50. The summed E-state index contributed by atoms with van der Waals surface area (Å²) >= 11 is 0. The molecular weight excluding hydrogens is 236 g/mol. The molecule has 2 aliphatic heterocycles. The molecule has 0 radical (unpaired) electrons. The maximum absolute atomic E-state index is 11.8. The van der Waals surface area contributed by atoms with Gasteiger partial charge in [0.25, 0.3) is 5.91 Å². The quantitative estimate of drug-likeness (QED) is 0.663. The fraction of sp³-hybridized carbons (Fsp3) is 0.727. The van der Waals surface area contributed by atoms with Crippen LogP contribution in [0.15, 0.2) is 4.99 Å². The SMILES string of the molecule is CCOCC(=O)N1CCC2(CC1)N=C(N)NC2=O. The molecule has 1 saturated heterocycles. The fourth-order valence-corrected chi connectivity index (χ4v) is 2.29. The third-order valence-corrected chi connectivity index (χ3v) is 3.37. The molecule has 3 N–H and O–H groups in total. The van der Waals surface area contributed by atoms with Gasteiger partial charge in [-0.05, 0) is 19.8 Å². The molecule has 0 aromatic heterocycles. The molecule has 100 valence electrons. The second-order valence-corrected chi connectivity index (χ2v) is 4.50. The third kappa shape index (κ3) is 2.31. The van der Waals surface area contributed by atoms with Crippen LogP contribution in [-0.4, -0.2) is 54.5 Å². The fourth-order valence-electron chi connectivity index (χ4n) is 2.29. The van der Waals surface area contributed by atoms with Crippen molar-refractivity contribution in [3.63, 3.8) is 0 Å². The maximum Gasteiger partial charge on any atom is 0.254 e. The Hall–Kier alpha value is -1.63. The number of hydrogen-bond acceptors (Lipinski definition) is 5. The zero-order chi connectivity index (χ0) is 13.2. The molecule has 7 nitrogen and oxygen atoms in total. The Morgan fingerprint density at radius 2 is 2.22 bits per heavy atom. The van der Waals surface area contributed by atoms with E-state index in [1.807, 2.05) is 6.92 Å². The van der Waals surface area contributed by atoms with Crippen molar-refractivity contribution < 1.29 is 14.3 Å². The third-order valence-electron chi connectivity index (χ3n) is 3.37. The molecule has 2 rings (SSSR count). The normalized spacial score (nSPS) is 21.9. The lowest BCUT2D eigenvalue weighted by atomic mass is 9.88. The van der Waals surface area contributed by atoms with Crippen LogP contribution in [0.3, 0.4) is 0 Å². The Balaban J connectivity index is 1.92. The summed E-state index contributed by atoms with van der Waals surface area (Å²) < 4.78 is 5.09. The van der Waals surface area contributed by atoms with Crippen molar-refractivity contribution in [2.45, 2.75) is 25.3 Å². The zero-order valence-corrected chi connectivity index (χ0v) is 10.4. The summed E-state index contributed by atoms with van der Waals surface area (Å²) in [4.78, 5) is 29.4. The molecule has 0 unspecified atom stereocenters. The predicted octanol–water partition coefficient (Wildman–Crippen LogP) is -1.17. The first kappa shape index (κ1) is 12.8. The van der Waals surface area contributed by atoms with Crippen LogP contribution in [0.4, 0.5) is 0 Å². The molecular formula is C11H18N4O3. The molecule has 0 aromatic carbocycles. The highest BCUT2D eigenvalue weighted by Gasteiger charge is 2.45. The van der Waals surface area contributed by atoms with E-state index in [1.165, 1.54) is 0 Å². The predicted molar refractivity (Wildman–Crippen MR) is 64.8 cm³/mol. The molecule has 0 saturated carbocycles. The number of guanidine groups is 1. The first-order valence-corrected chi connectivity index (χ1v) is 6.10. The molecule has 0 atom stereocenters. The first-order chi connectivity index (χ1) is 8.57. The average Bonchev–Trinajstić information content (AvgIpc) is 2.62. The van der Waals surface area contributed by atoms with E-state index in [-0.39, 0.29) is 24.4 Å². The molecule has 0 bridgehead atoms. The van der Waals surface area contributed by atoms with E-state index in [2.05, 4.69) is 10.3 Å². The summed E-state index contributed by atoms with van der Waals surface area (Å²) in [7, 11) is 0. The Morgan fingerprint density at radius 3 is 2.72 bits per heavy atom. The summed E-state index contributed by atoms with van der Waals surface area (Å²) in [5.74, 6) is -0.0203. The smallest absolute Gasteiger partial charge is 0.254 e. The Bertz CT molecular complexity index is 386. The monoisotopic (exact) mass is 254 g/mol. The highest BCUT2D eigenvalue weighted by Crippen LogP contribution is 2.29. The minimum Gasteiger partial charge on any atom is -0.372 e. The molecule has 1 spiro atoms. The van der Waals surface area contributed by atoms with E-state index in [1.54, 1.807) is 4.90 Å². The van der Waals surface area contributed by atoms with E-state index >= 15 is 0 Å². The number of aliphatic imine (C=N–C) groups is 1. The highest BCUT2D eigenvalue weighted by atomic mass is 16.5. The number of nitrogens with one attached hydrogen (secondary N) is 1. The van der Waals surface area contributed by atoms with Crippen LogP contribution in [0.5, 0.6) is 0 Å². The lowest BCUT2D eigenvalue weighted by Gasteiger charge is -2.35. The number of nitrogens with zero attached hydrogens (tertiary/aromatic N) is 2. The van der Waals surface area contributed by atoms with Crippen molar-refractivity contribution >= 4 is 17.8 Å². The number of carbonyl (C=O) groups excluding carboxylic acids is 2. The number of piperidine rings is 1. The van der Waals surface area contributed by atoms with Crippen LogP contribution in [-0.2, 0) is 14.3 Å². The van der Waals surface area contributed by atoms with Crippen molar-refractivity contribution in [3.8, 4) is 0 Å². The van der Waals surface area contributed by atoms with Gasteiger partial charge in [-0.3, -0.25) is 14.9 Å². The van der Waals surface area contributed by atoms with E-state index in [0.717, 1.165) is 0 Å². The number of hydrogen-bond donors (Lipinski definition) is 2. The summed E-state index contributed by atoms with van der Waals surface area (Å²) in [6, 6.07) is 0. The van der Waals surface area contributed by atoms with E-state index in [0.29, 0.717) is 32.5 Å². The van der Waals surface area contributed by atoms with Crippen molar-refractivity contribution in [3.05, 3.63) is 0 Å². The lowest BCUT2D eigenvalue weighted by Crippen LogP contribution is -2.51. The minimum absolute atomic E-state index is 0.0398. The number of rotatable bonds is 3. The Morgan fingerprint density at radius 1 is 1.56 bits per heavy atom. The number of ether oxygens (including phenoxy) is 1. The number of amides is 2. The molecule has 1 fully saturated rings. The van der Waals surface area contributed by atoms with Gasteiger partial charge < -0.3 is 15.4 Å². The summed E-state index contributed by atoms with van der Waals surface area (Å²) in [5, 5.41) is 2.52. The van der Waals surface area contributed by atoms with Crippen LogP contribution in [0.1, 0.15) is 19.8 Å². The van der Waals surface area contributed by atoms with Crippen LogP contribution in [0, 0.1) is 0 Å². The van der Waals surface area contributed by atoms with Gasteiger partial charge in [-0.25, -0.2) is 4.99 Å². The molecule has 2 amide bonds. The second kappa shape index (κ2) is 4.93. The number of nitrogens with two attached hydrogens (primary N) is 1. The van der Waals surface area contributed by atoms with Gasteiger partial charge in [0.15, 0.2) is 5.96 Å². The maximum atomic E-state index is 11.8. The van der Waals surface area contributed by atoms with Gasteiger partial charge in [-0.2, -0.15) is 0 Å². The van der Waals surface area contributed by atoms with Crippen molar-refractivity contribution in [2.75, 3.05) is 26.3 Å². The Kier molecular flexibility index (Phi) is 3.51. The van der Waals surface area contributed by atoms with E-state index in [9.17, 15) is 9.59 Å². The van der Waals surface area contributed by atoms with Crippen molar-refractivity contribution in [1.29, 1.82) is 0 Å². The van der Waals surface area contributed by atoms with Gasteiger partial charge in [0.1, 0.15) is 12.1 Å². The Labute approximate surface area is 105 Å². The van der Waals surface area contributed by atoms with Gasteiger partial charge in [-0.1, -0.05) is 0 Å². The zero-order valence-electron chi connectivity index (χ0n) is 10.4. The number of likely N-dealkylation sites (tertiary alicyclic amines) is 1. The van der Waals surface area contributed by atoms with Gasteiger partial charge in [0, 0.05) is 19.7 Å². The van der Waals surface area contributed by atoms with Gasteiger partial charge >= 0.3 is 0 Å². The largest absolute Gasteiger partial charge is 0.372 e. The molecule has 2 aliphatic rings.